The molecule has 1 saturated heterocycles. The summed E-state index contributed by atoms with van der Waals surface area (Å²) in [5.74, 6) is 0.120. The number of aryl methyl sites for hydroxylation is 3. The van der Waals surface area contributed by atoms with E-state index in [1.54, 1.807) is 40.7 Å². The van der Waals surface area contributed by atoms with Crippen LogP contribution < -0.4 is 21.4 Å². The number of amides is 2. The number of ether oxygens (including phenoxy) is 4. The third-order valence-electron chi connectivity index (χ3n) is 6.43. The van der Waals surface area contributed by atoms with Crippen LogP contribution in [0, 0.1) is 20.8 Å². The van der Waals surface area contributed by atoms with E-state index in [4.69, 9.17) is 33.5 Å². The molecule has 0 unspecified atom stereocenters. The van der Waals surface area contributed by atoms with Gasteiger partial charge in [-0.1, -0.05) is 0 Å². The molecule has 1 aromatic carbocycles. The van der Waals surface area contributed by atoms with Crippen LogP contribution in [0.3, 0.4) is 0 Å². The lowest BCUT2D eigenvalue weighted by Gasteiger charge is -2.45. The van der Waals surface area contributed by atoms with Crippen LogP contribution in [-0.2, 0) is 14.2 Å². The zero-order chi connectivity index (χ0) is 27.9. The minimum absolute atomic E-state index is 0.0631. The van der Waals surface area contributed by atoms with Gasteiger partial charge >= 0.3 is 11.7 Å². The van der Waals surface area contributed by atoms with E-state index in [9.17, 15) is 19.5 Å². The van der Waals surface area contributed by atoms with Crippen molar-refractivity contribution in [3.8, 4) is 11.5 Å². The third-order valence-corrected chi connectivity index (χ3v) is 6.43. The fourth-order valence-electron chi connectivity index (χ4n) is 4.77. The van der Waals surface area contributed by atoms with E-state index < -0.39 is 53.2 Å². The maximum absolute atomic E-state index is 12.8. The van der Waals surface area contributed by atoms with E-state index in [0.717, 1.165) is 0 Å². The molecule has 3 aromatic rings. The Morgan fingerprint density at radius 1 is 1.18 bits per heavy atom. The van der Waals surface area contributed by atoms with E-state index in [0.29, 0.717) is 22.8 Å². The third kappa shape index (κ3) is 5.04. The molecule has 0 aliphatic carbocycles. The number of carbonyl (C=O) groups excluding carboxylic acids is 2. The molecule has 0 radical (unpaired) electrons. The number of fused-ring (bicyclic) bond motifs is 1. The van der Waals surface area contributed by atoms with Crippen molar-refractivity contribution in [3.63, 3.8) is 0 Å². The van der Waals surface area contributed by atoms with Gasteiger partial charge in [0.1, 0.15) is 35.1 Å². The highest BCUT2D eigenvalue weighted by Crippen LogP contribution is 2.38. The van der Waals surface area contributed by atoms with Crippen LogP contribution in [0.25, 0.3) is 11.0 Å². The molecule has 4 N–H and O–H groups in total. The normalized spacial score (nSPS) is 20.7. The Morgan fingerprint density at radius 3 is 2.50 bits per heavy atom. The smallest absolute Gasteiger partial charge is 0.404 e. The van der Waals surface area contributed by atoms with Crippen molar-refractivity contribution < 1.29 is 42.5 Å². The first-order chi connectivity index (χ1) is 17.8. The Hall–Kier alpha value is -4.03. The highest BCUT2D eigenvalue weighted by Gasteiger charge is 2.47. The molecule has 3 heterocycles. The van der Waals surface area contributed by atoms with Crippen molar-refractivity contribution in [3.05, 3.63) is 51.3 Å². The van der Waals surface area contributed by atoms with E-state index in [-0.39, 0.29) is 23.0 Å². The highest BCUT2D eigenvalue weighted by atomic mass is 16.7. The van der Waals surface area contributed by atoms with Crippen LogP contribution >= 0.6 is 0 Å². The summed E-state index contributed by atoms with van der Waals surface area (Å²) in [6.07, 6.45) is -3.02. The summed E-state index contributed by atoms with van der Waals surface area (Å²) in [5.41, 5.74) is 3.68. The fourth-order valence-corrected chi connectivity index (χ4v) is 4.77. The Morgan fingerprint density at radius 2 is 1.89 bits per heavy atom. The second-order valence-electron chi connectivity index (χ2n) is 9.60. The van der Waals surface area contributed by atoms with Crippen molar-refractivity contribution >= 4 is 28.7 Å². The summed E-state index contributed by atoms with van der Waals surface area (Å²) in [6, 6.07) is 4.58. The molecule has 1 fully saturated rings. The Kier molecular flexibility index (Phi) is 7.13. The number of furan rings is 1. The average molecular weight is 531 g/mol. The van der Waals surface area contributed by atoms with Crippen molar-refractivity contribution in [2.24, 2.45) is 5.73 Å². The van der Waals surface area contributed by atoms with Gasteiger partial charge in [0.15, 0.2) is 11.4 Å². The molecule has 1 aliphatic heterocycles. The summed E-state index contributed by atoms with van der Waals surface area (Å²) in [7, 11) is 1.48. The summed E-state index contributed by atoms with van der Waals surface area (Å²) in [6.45, 7) is 8.47. The van der Waals surface area contributed by atoms with Gasteiger partial charge < -0.3 is 43.9 Å². The zero-order valence-electron chi connectivity index (χ0n) is 21.9. The van der Waals surface area contributed by atoms with E-state index in [1.165, 1.54) is 19.2 Å². The molecule has 204 valence electrons. The molecule has 0 bridgehead atoms. The number of aromatic hydroxyl groups is 1. The van der Waals surface area contributed by atoms with Crippen molar-refractivity contribution in [2.75, 3.05) is 12.4 Å². The molecule has 2 amide bonds. The Balaban J connectivity index is 1.63. The number of rotatable bonds is 6. The van der Waals surface area contributed by atoms with Crippen LogP contribution in [0.2, 0.25) is 0 Å². The van der Waals surface area contributed by atoms with Crippen molar-refractivity contribution in [1.82, 2.24) is 0 Å². The van der Waals surface area contributed by atoms with Gasteiger partial charge in [-0.05, 0) is 52.8 Å². The largest absolute Gasteiger partial charge is 0.505 e. The lowest BCUT2D eigenvalue weighted by Crippen LogP contribution is -2.58. The predicted molar refractivity (Wildman–Crippen MR) is 134 cm³/mol. The molecule has 4 rings (SSSR count). The molecule has 0 saturated carbocycles. The molecule has 1 aliphatic rings. The van der Waals surface area contributed by atoms with Crippen molar-refractivity contribution in [2.45, 2.75) is 65.1 Å². The second kappa shape index (κ2) is 10.0. The van der Waals surface area contributed by atoms with Gasteiger partial charge in [-0.15, -0.1) is 0 Å². The molecule has 38 heavy (non-hydrogen) atoms. The zero-order valence-corrected chi connectivity index (χ0v) is 21.9. The molecule has 0 spiro atoms. The van der Waals surface area contributed by atoms with E-state index >= 15 is 0 Å². The number of primary amides is 1. The topological polar surface area (TPSA) is 173 Å². The van der Waals surface area contributed by atoms with Gasteiger partial charge in [-0.2, -0.15) is 0 Å². The highest BCUT2D eigenvalue weighted by molar-refractivity contribution is 6.07. The lowest BCUT2D eigenvalue weighted by atomic mass is 9.91. The molecule has 12 heteroatoms. The SMILES string of the molecule is CO[C@@H]1[C@@H](OC(N)=O)C[C@H](Oc2ccc3c(O)c(NC(=O)c4cc(C)oc4C)c(=O)oc3c2C)OC1(C)C. The number of nitrogens with two attached hydrogens (primary N) is 1. The molecule has 12 nitrogen and oxygen atoms in total. The standard InChI is InChI=1S/C26H30N2O10/c1-11-9-15(13(3)34-11)23(30)28-19-20(29)14-7-8-16(12(2)21(14)37-24(19)31)35-18-10-17(36-25(27)32)22(33-6)26(4,5)38-18/h7-9,17-18,22,29H,10H2,1-6H3,(H2,27,32)(H,28,30)/t17-,18+,22+/m0/s1. The molecular weight excluding hydrogens is 500 g/mol. The number of anilines is 1. The quantitative estimate of drug-likeness (QED) is 0.399. The van der Waals surface area contributed by atoms with Crippen LogP contribution in [0.15, 0.2) is 31.8 Å². The lowest BCUT2D eigenvalue weighted by molar-refractivity contribution is -0.263. The maximum atomic E-state index is 12.8. The molecular formula is C26H30N2O10. The summed E-state index contributed by atoms with van der Waals surface area (Å²) >= 11 is 0. The van der Waals surface area contributed by atoms with Gasteiger partial charge in [-0.3, -0.25) is 4.79 Å². The fraction of sp³-hybridized carbons (Fsp3) is 0.423. The maximum Gasteiger partial charge on any atom is 0.404 e. The van der Waals surface area contributed by atoms with E-state index in [1.807, 2.05) is 0 Å². The van der Waals surface area contributed by atoms with Crippen LogP contribution in [-0.4, -0.2) is 48.3 Å². The minimum Gasteiger partial charge on any atom is -0.505 e. The van der Waals surface area contributed by atoms with Gasteiger partial charge in [0.25, 0.3) is 5.91 Å². The number of nitrogens with one attached hydrogen (secondary N) is 1. The summed E-state index contributed by atoms with van der Waals surface area (Å²) in [5, 5.41) is 13.4. The summed E-state index contributed by atoms with van der Waals surface area (Å²) in [4.78, 5) is 36.9. The van der Waals surface area contributed by atoms with Crippen LogP contribution in [0.5, 0.6) is 11.5 Å². The minimum atomic E-state index is -0.950. The second-order valence-corrected chi connectivity index (χ2v) is 9.60. The Bertz CT molecular complexity index is 1450. The first kappa shape index (κ1) is 27.0. The predicted octanol–water partition coefficient (Wildman–Crippen LogP) is 3.65. The first-order valence-electron chi connectivity index (χ1n) is 11.8. The Labute approximate surface area is 217 Å². The number of hydrogen-bond donors (Lipinski definition) is 3. The van der Waals surface area contributed by atoms with Crippen LogP contribution in [0.1, 0.15) is 47.7 Å². The number of benzene rings is 1. The average Bonchev–Trinajstić information content (AvgIpc) is 3.15. The number of hydrogen-bond acceptors (Lipinski definition) is 10. The summed E-state index contributed by atoms with van der Waals surface area (Å²) < 4.78 is 33.6. The van der Waals surface area contributed by atoms with Gasteiger partial charge in [-0.25, -0.2) is 9.59 Å². The van der Waals surface area contributed by atoms with E-state index in [2.05, 4.69) is 5.32 Å². The number of carbonyl (C=O) groups is 2. The first-order valence-corrected chi connectivity index (χ1v) is 11.8. The van der Waals surface area contributed by atoms with Gasteiger partial charge in [0.2, 0.25) is 6.29 Å². The van der Waals surface area contributed by atoms with Crippen molar-refractivity contribution in [1.29, 1.82) is 0 Å². The van der Waals surface area contributed by atoms with Gasteiger partial charge in [0, 0.05) is 19.1 Å². The van der Waals surface area contributed by atoms with Crippen LogP contribution in [0.4, 0.5) is 10.5 Å². The molecule has 2 aromatic heterocycles. The number of methoxy groups -OCH3 is 1. The monoisotopic (exact) mass is 530 g/mol. The van der Waals surface area contributed by atoms with Gasteiger partial charge in [0.05, 0.1) is 16.6 Å². The molecule has 3 atom stereocenters.